The third-order valence-corrected chi connectivity index (χ3v) is 6.72. The molecule has 5 rings (SSSR count). The van der Waals surface area contributed by atoms with Crippen LogP contribution in [0.1, 0.15) is 16.7 Å². The molecule has 0 aliphatic rings. The maximum atomic E-state index is 13.5. The molecule has 0 fully saturated rings. The molecule has 0 unspecified atom stereocenters. The van der Waals surface area contributed by atoms with Crippen molar-refractivity contribution in [3.05, 3.63) is 93.0 Å². The molecule has 6 nitrogen and oxygen atoms in total. The monoisotopic (exact) mass is 447 g/mol. The second kappa shape index (κ2) is 7.83. The molecule has 3 aromatic heterocycles. The van der Waals surface area contributed by atoms with E-state index in [0.717, 1.165) is 27.9 Å². The summed E-state index contributed by atoms with van der Waals surface area (Å²) in [5.74, 6) is 1.07. The van der Waals surface area contributed by atoms with Crippen molar-refractivity contribution in [2.45, 2.75) is 24.8 Å². The van der Waals surface area contributed by atoms with Gasteiger partial charge in [0.2, 0.25) is 5.78 Å². The lowest BCUT2D eigenvalue weighted by Crippen LogP contribution is -2.22. The van der Waals surface area contributed by atoms with E-state index in [4.69, 9.17) is 11.6 Å². The van der Waals surface area contributed by atoms with Crippen molar-refractivity contribution in [2.75, 3.05) is 0 Å². The molecule has 0 spiro atoms. The lowest BCUT2D eigenvalue weighted by molar-refractivity contribution is 0.927. The van der Waals surface area contributed by atoms with Crippen LogP contribution in [-0.4, -0.2) is 24.1 Å². The van der Waals surface area contributed by atoms with E-state index >= 15 is 0 Å². The molecule has 8 heteroatoms. The number of para-hydroxylation sites is 1. The Hall–Kier alpha value is -3.16. The predicted molar refractivity (Wildman–Crippen MR) is 124 cm³/mol. The topological polar surface area (TPSA) is 65.1 Å². The average molecular weight is 448 g/mol. The normalized spacial score (nSPS) is 11.5. The van der Waals surface area contributed by atoms with E-state index in [9.17, 15) is 4.79 Å². The summed E-state index contributed by atoms with van der Waals surface area (Å²) in [6, 6.07) is 17.3. The van der Waals surface area contributed by atoms with Crippen LogP contribution in [-0.2, 0) is 5.75 Å². The number of halogens is 1. The van der Waals surface area contributed by atoms with Gasteiger partial charge in [-0.15, -0.1) is 10.2 Å². The fourth-order valence-electron chi connectivity index (χ4n) is 3.64. The van der Waals surface area contributed by atoms with Crippen molar-refractivity contribution in [3.63, 3.8) is 0 Å². The highest BCUT2D eigenvalue weighted by molar-refractivity contribution is 7.98. The molecule has 0 bridgehead atoms. The zero-order valence-corrected chi connectivity index (χ0v) is 18.5. The molecular weight excluding hydrogens is 430 g/mol. The molecule has 0 saturated carbocycles. The van der Waals surface area contributed by atoms with Crippen molar-refractivity contribution >= 4 is 40.0 Å². The Labute approximate surface area is 187 Å². The van der Waals surface area contributed by atoms with Gasteiger partial charge in [-0.1, -0.05) is 53.7 Å². The number of thioether (sulfide) groups is 1. The number of benzene rings is 2. The van der Waals surface area contributed by atoms with Crippen molar-refractivity contribution in [1.29, 1.82) is 0 Å². The number of aromatic nitrogens is 5. The molecule has 0 aliphatic heterocycles. The minimum Gasteiger partial charge on any atom is -0.268 e. The summed E-state index contributed by atoms with van der Waals surface area (Å²) in [5, 5.41) is 10.6. The number of rotatable bonds is 4. The van der Waals surface area contributed by atoms with Crippen molar-refractivity contribution < 1.29 is 0 Å². The summed E-state index contributed by atoms with van der Waals surface area (Å²) in [7, 11) is 0. The van der Waals surface area contributed by atoms with Gasteiger partial charge in [-0.05, 0) is 54.8 Å². The largest absolute Gasteiger partial charge is 0.268 e. The number of nitrogens with zero attached hydrogens (tertiary/aromatic N) is 5. The molecule has 3 heterocycles. The third kappa shape index (κ3) is 3.30. The van der Waals surface area contributed by atoms with E-state index in [0.29, 0.717) is 27.2 Å². The highest BCUT2D eigenvalue weighted by atomic mass is 35.5. The van der Waals surface area contributed by atoms with Crippen molar-refractivity contribution in [1.82, 2.24) is 24.1 Å². The highest BCUT2D eigenvalue weighted by Crippen LogP contribution is 2.28. The van der Waals surface area contributed by atoms with Gasteiger partial charge in [0.05, 0.1) is 16.6 Å². The average Bonchev–Trinajstić information content (AvgIpc) is 3.20. The summed E-state index contributed by atoms with van der Waals surface area (Å²) in [6.45, 7) is 4.05. The molecule has 0 atom stereocenters. The number of aryl methyl sites for hydroxylation is 1. The standard InChI is InChI=1S/C23H18ClN5OS/c1-14-7-5-11-18(15(14)2)28-21(30)17-9-3-4-10-19(17)29-22(28)26-27-23(29)31-13-16-8-6-12-25-20(16)24/h3-12H,13H2,1-2H3. The molecule has 0 saturated heterocycles. The van der Waals surface area contributed by atoms with Crippen LogP contribution in [0.2, 0.25) is 5.15 Å². The molecule has 0 aliphatic carbocycles. The first-order valence-electron chi connectivity index (χ1n) is 9.74. The number of hydrogen-bond donors (Lipinski definition) is 0. The van der Waals surface area contributed by atoms with E-state index in [-0.39, 0.29) is 5.56 Å². The lowest BCUT2D eigenvalue weighted by atomic mass is 10.1. The molecule has 5 aromatic rings. The first-order valence-corrected chi connectivity index (χ1v) is 11.1. The van der Waals surface area contributed by atoms with Gasteiger partial charge >= 0.3 is 0 Å². The SMILES string of the molecule is Cc1cccc(-n2c(=O)c3ccccc3n3c(SCc4cccnc4Cl)nnc23)c1C. The minimum absolute atomic E-state index is 0.115. The van der Waals surface area contributed by atoms with Crippen LogP contribution in [0.15, 0.2) is 70.7 Å². The van der Waals surface area contributed by atoms with Crippen LogP contribution in [0.25, 0.3) is 22.4 Å². The molecule has 2 aromatic carbocycles. The molecular formula is C23H18ClN5OS. The van der Waals surface area contributed by atoms with Crippen molar-refractivity contribution in [2.24, 2.45) is 0 Å². The number of fused-ring (bicyclic) bond motifs is 3. The molecule has 154 valence electrons. The summed E-state index contributed by atoms with van der Waals surface area (Å²) < 4.78 is 3.59. The second-order valence-corrected chi connectivity index (χ2v) is 8.54. The summed E-state index contributed by atoms with van der Waals surface area (Å²) in [4.78, 5) is 17.6. The Morgan fingerprint density at radius 3 is 2.68 bits per heavy atom. The van der Waals surface area contributed by atoms with Gasteiger partial charge in [0.1, 0.15) is 5.15 Å². The quantitative estimate of drug-likeness (QED) is 0.287. The highest BCUT2D eigenvalue weighted by Gasteiger charge is 2.19. The second-order valence-electron chi connectivity index (χ2n) is 7.24. The number of pyridine rings is 1. The summed E-state index contributed by atoms with van der Waals surface area (Å²) in [6.07, 6.45) is 1.67. The zero-order valence-electron chi connectivity index (χ0n) is 16.9. The third-order valence-electron chi connectivity index (χ3n) is 5.40. The first-order chi connectivity index (χ1) is 15.1. The van der Waals surface area contributed by atoms with E-state index in [1.54, 1.807) is 10.8 Å². The Morgan fingerprint density at radius 1 is 1.00 bits per heavy atom. The molecule has 31 heavy (non-hydrogen) atoms. The van der Waals surface area contributed by atoms with Gasteiger partial charge in [0.15, 0.2) is 5.16 Å². The first kappa shape index (κ1) is 19.8. The van der Waals surface area contributed by atoms with E-state index < -0.39 is 0 Å². The lowest BCUT2D eigenvalue weighted by Gasteiger charge is -2.14. The fourth-order valence-corrected chi connectivity index (χ4v) is 4.83. The van der Waals surface area contributed by atoms with Crippen LogP contribution in [0.5, 0.6) is 0 Å². The Balaban J connectivity index is 1.76. The Kier molecular flexibility index (Phi) is 5.00. The van der Waals surface area contributed by atoms with Crippen LogP contribution >= 0.6 is 23.4 Å². The molecule has 0 N–H and O–H groups in total. The van der Waals surface area contributed by atoms with Gasteiger partial charge < -0.3 is 0 Å². The summed E-state index contributed by atoms with van der Waals surface area (Å²) in [5.41, 5.74) is 4.51. The zero-order chi connectivity index (χ0) is 21.5. The maximum absolute atomic E-state index is 13.5. The minimum atomic E-state index is -0.115. The Bertz CT molecular complexity index is 1510. The van der Waals surface area contributed by atoms with Crippen LogP contribution in [0.3, 0.4) is 0 Å². The van der Waals surface area contributed by atoms with Crippen LogP contribution in [0.4, 0.5) is 0 Å². The Morgan fingerprint density at radius 2 is 1.84 bits per heavy atom. The van der Waals surface area contributed by atoms with Gasteiger partial charge in [-0.3, -0.25) is 9.20 Å². The van der Waals surface area contributed by atoms with Crippen LogP contribution in [0, 0.1) is 13.8 Å². The van der Waals surface area contributed by atoms with Gasteiger partial charge in [0.25, 0.3) is 5.56 Å². The van der Waals surface area contributed by atoms with Crippen LogP contribution < -0.4 is 5.56 Å². The van der Waals surface area contributed by atoms with Gasteiger partial charge in [0, 0.05) is 11.9 Å². The maximum Gasteiger partial charge on any atom is 0.267 e. The fraction of sp³-hybridized carbons (Fsp3) is 0.130. The van der Waals surface area contributed by atoms with Crippen molar-refractivity contribution in [3.8, 4) is 5.69 Å². The van der Waals surface area contributed by atoms with Gasteiger partial charge in [-0.25, -0.2) is 9.55 Å². The molecule has 0 amide bonds. The molecule has 0 radical (unpaired) electrons. The van der Waals surface area contributed by atoms with E-state index in [2.05, 4.69) is 15.2 Å². The van der Waals surface area contributed by atoms with E-state index in [1.807, 2.05) is 72.8 Å². The smallest absolute Gasteiger partial charge is 0.267 e. The van der Waals surface area contributed by atoms with E-state index in [1.165, 1.54) is 11.8 Å². The predicted octanol–water partition coefficient (Wildman–Crippen LogP) is 4.99. The summed E-state index contributed by atoms with van der Waals surface area (Å²) >= 11 is 7.73. The number of hydrogen-bond acceptors (Lipinski definition) is 5. The van der Waals surface area contributed by atoms with Gasteiger partial charge in [-0.2, -0.15) is 0 Å².